The third kappa shape index (κ3) is 5.63. The van der Waals surface area contributed by atoms with E-state index >= 15 is 0 Å². The van der Waals surface area contributed by atoms with Gasteiger partial charge in [-0.05, 0) is 54.6 Å². The van der Waals surface area contributed by atoms with Gasteiger partial charge in [0.2, 0.25) is 0 Å². The molecule has 0 fully saturated rings. The third-order valence-corrected chi connectivity index (χ3v) is 7.16. The Morgan fingerprint density at radius 3 is 2.14 bits per heavy atom. The summed E-state index contributed by atoms with van der Waals surface area (Å²) in [5.41, 5.74) is -0.842. The number of methoxy groups -OCH3 is 2. The molecule has 0 unspecified atom stereocenters. The van der Waals surface area contributed by atoms with Crippen LogP contribution in [0, 0.1) is 0 Å². The first-order valence-corrected chi connectivity index (χ1v) is 11.7. The van der Waals surface area contributed by atoms with Crippen LogP contribution in [0.15, 0.2) is 65.6 Å². The molecule has 0 saturated heterocycles. The molecule has 7 nitrogen and oxygen atoms in total. The maximum atomic E-state index is 13.1. The number of ether oxygens (including phenoxy) is 2. The van der Waals surface area contributed by atoms with Gasteiger partial charge in [0, 0.05) is 18.7 Å². The summed E-state index contributed by atoms with van der Waals surface area (Å²) in [5.74, 6) is -0.115. The third-order valence-electron chi connectivity index (χ3n) is 5.05. The number of nitrogens with zero attached hydrogens (tertiary/aromatic N) is 1. The number of rotatable bonds is 7. The molecule has 35 heavy (non-hydrogen) atoms. The zero-order valence-electron chi connectivity index (χ0n) is 18.7. The van der Waals surface area contributed by atoms with E-state index in [4.69, 9.17) is 21.1 Å². The van der Waals surface area contributed by atoms with Gasteiger partial charge in [-0.1, -0.05) is 11.6 Å². The average Bonchev–Trinajstić information content (AvgIpc) is 2.83. The summed E-state index contributed by atoms with van der Waals surface area (Å²) in [6, 6.07) is 12.2. The molecule has 3 aromatic rings. The number of carbonyl (C=O) groups is 1. The quantitative estimate of drug-likeness (QED) is 0.440. The summed E-state index contributed by atoms with van der Waals surface area (Å²) >= 11 is 5.92. The topological polar surface area (TPSA) is 84.9 Å². The predicted octanol–water partition coefficient (Wildman–Crippen LogP) is 5.45. The van der Waals surface area contributed by atoms with Crippen molar-refractivity contribution >= 4 is 38.9 Å². The molecule has 1 N–H and O–H groups in total. The van der Waals surface area contributed by atoms with Gasteiger partial charge in [0.1, 0.15) is 0 Å². The largest absolute Gasteiger partial charge is 0.493 e. The van der Waals surface area contributed by atoms with Crippen LogP contribution in [0.4, 0.5) is 24.5 Å². The number of halogens is 4. The molecule has 12 heteroatoms. The van der Waals surface area contributed by atoms with Crippen LogP contribution in [0.3, 0.4) is 0 Å². The Morgan fingerprint density at radius 1 is 0.943 bits per heavy atom. The molecule has 0 radical (unpaired) electrons. The molecule has 0 saturated carbocycles. The van der Waals surface area contributed by atoms with Crippen molar-refractivity contribution in [3.63, 3.8) is 0 Å². The van der Waals surface area contributed by atoms with Crippen molar-refractivity contribution in [2.75, 3.05) is 30.9 Å². The molecule has 0 heterocycles. The van der Waals surface area contributed by atoms with Gasteiger partial charge in [0.05, 0.1) is 41.1 Å². The second-order valence-corrected chi connectivity index (χ2v) is 9.56. The van der Waals surface area contributed by atoms with E-state index < -0.39 is 27.7 Å². The molecular formula is C23H20ClF3N2O5S. The number of nitrogens with one attached hydrogen (secondary N) is 1. The van der Waals surface area contributed by atoms with Gasteiger partial charge in [-0.3, -0.25) is 9.10 Å². The van der Waals surface area contributed by atoms with E-state index in [2.05, 4.69) is 5.32 Å². The van der Waals surface area contributed by atoms with Gasteiger partial charge in [-0.15, -0.1) is 0 Å². The smallest absolute Gasteiger partial charge is 0.416 e. The van der Waals surface area contributed by atoms with E-state index in [0.29, 0.717) is 5.75 Å². The summed E-state index contributed by atoms with van der Waals surface area (Å²) in [6.45, 7) is 0. The number of carbonyl (C=O) groups excluding carboxylic acids is 1. The SMILES string of the molecule is COc1ccc(S(=O)(=O)N(C)c2ccc(C(=O)Nc3cc(C(F)(F)F)ccc3Cl)cc2)cc1OC. The molecule has 0 atom stereocenters. The molecule has 1 amide bonds. The summed E-state index contributed by atoms with van der Waals surface area (Å²) in [6.07, 6.45) is -4.60. The first-order chi connectivity index (χ1) is 16.4. The summed E-state index contributed by atoms with van der Waals surface area (Å²) < 4.78 is 76.3. The highest BCUT2D eigenvalue weighted by molar-refractivity contribution is 7.92. The fourth-order valence-electron chi connectivity index (χ4n) is 3.09. The van der Waals surface area contributed by atoms with E-state index in [1.165, 1.54) is 63.7 Å². The fraction of sp³-hybridized carbons (Fsp3) is 0.174. The number of alkyl halides is 3. The van der Waals surface area contributed by atoms with Crippen LogP contribution in [0.2, 0.25) is 5.02 Å². The van der Waals surface area contributed by atoms with Crippen molar-refractivity contribution in [1.29, 1.82) is 0 Å². The summed E-state index contributed by atoms with van der Waals surface area (Å²) in [4.78, 5) is 12.5. The van der Waals surface area contributed by atoms with Crippen LogP contribution in [0.25, 0.3) is 0 Å². The number of sulfonamides is 1. The van der Waals surface area contributed by atoms with Gasteiger partial charge in [0.25, 0.3) is 15.9 Å². The Kier molecular flexibility index (Phi) is 7.51. The standard InChI is InChI=1S/C23H20ClF3N2O5S/c1-29(35(31,32)17-9-11-20(33-2)21(13-17)34-3)16-7-4-14(5-8-16)22(30)28-19-12-15(23(25,26)27)6-10-18(19)24/h4-13H,1-3H3,(H,28,30). The number of hydrogen-bond donors (Lipinski definition) is 1. The lowest BCUT2D eigenvalue weighted by Gasteiger charge is -2.20. The van der Waals surface area contributed by atoms with E-state index in [1.807, 2.05) is 0 Å². The lowest BCUT2D eigenvalue weighted by molar-refractivity contribution is -0.137. The minimum absolute atomic E-state index is 0.0429. The summed E-state index contributed by atoms with van der Waals surface area (Å²) in [7, 11) is 0.165. The monoisotopic (exact) mass is 528 g/mol. The van der Waals surface area contributed by atoms with Crippen LogP contribution in [0.1, 0.15) is 15.9 Å². The molecule has 0 aliphatic heterocycles. The average molecular weight is 529 g/mol. The predicted molar refractivity (Wildman–Crippen MR) is 126 cm³/mol. The van der Waals surface area contributed by atoms with Crippen LogP contribution >= 0.6 is 11.6 Å². The van der Waals surface area contributed by atoms with Gasteiger partial charge >= 0.3 is 6.18 Å². The zero-order chi connectivity index (χ0) is 26.0. The normalized spacial score (nSPS) is 11.6. The van der Waals surface area contributed by atoms with Crippen LogP contribution in [0.5, 0.6) is 11.5 Å². The molecular weight excluding hydrogens is 509 g/mol. The number of amides is 1. The van der Waals surface area contributed by atoms with Crippen LogP contribution < -0.4 is 19.1 Å². The highest BCUT2D eigenvalue weighted by atomic mass is 35.5. The number of anilines is 2. The molecule has 0 aliphatic carbocycles. The van der Waals surface area contributed by atoms with E-state index in [1.54, 1.807) is 0 Å². The summed E-state index contributed by atoms with van der Waals surface area (Å²) in [5, 5.41) is 2.27. The van der Waals surface area contributed by atoms with Gasteiger partial charge < -0.3 is 14.8 Å². The molecule has 0 aliphatic rings. The molecule has 3 aromatic carbocycles. The molecule has 0 bridgehead atoms. The van der Waals surface area contributed by atoms with Crippen molar-refractivity contribution in [3.05, 3.63) is 76.8 Å². The van der Waals surface area contributed by atoms with Crippen molar-refractivity contribution < 1.29 is 35.9 Å². The Balaban J connectivity index is 1.82. The Bertz CT molecular complexity index is 1350. The molecule has 186 valence electrons. The fourth-order valence-corrected chi connectivity index (χ4v) is 4.46. The van der Waals surface area contributed by atoms with Gasteiger partial charge in [-0.25, -0.2) is 8.42 Å². The first-order valence-electron chi connectivity index (χ1n) is 9.87. The zero-order valence-corrected chi connectivity index (χ0v) is 20.3. The number of hydrogen-bond acceptors (Lipinski definition) is 5. The molecule has 0 spiro atoms. The number of benzene rings is 3. The van der Waals surface area contributed by atoms with Crippen LogP contribution in [-0.2, 0) is 16.2 Å². The molecule has 0 aromatic heterocycles. The van der Waals surface area contributed by atoms with E-state index in [0.717, 1.165) is 22.5 Å². The maximum Gasteiger partial charge on any atom is 0.416 e. The van der Waals surface area contributed by atoms with Crippen molar-refractivity contribution in [2.45, 2.75) is 11.1 Å². The second kappa shape index (κ2) is 10.0. The van der Waals surface area contributed by atoms with Crippen molar-refractivity contribution in [1.82, 2.24) is 0 Å². The second-order valence-electron chi connectivity index (χ2n) is 7.18. The highest BCUT2D eigenvalue weighted by Gasteiger charge is 2.31. The minimum atomic E-state index is -4.60. The Hall–Kier alpha value is -3.44. The highest BCUT2D eigenvalue weighted by Crippen LogP contribution is 2.34. The van der Waals surface area contributed by atoms with E-state index in [-0.39, 0.29) is 32.6 Å². The van der Waals surface area contributed by atoms with Crippen LogP contribution in [-0.4, -0.2) is 35.6 Å². The minimum Gasteiger partial charge on any atom is -0.493 e. The van der Waals surface area contributed by atoms with Gasteiger partial charge in [-0.2, -0.15) is 13.2 Å². The van der Waals surface area contributed by atoms with Gasteiger partial charge in [0.15, 0.2) is 11.5 Å². The Labute approximate surface area is 205 Å². The molecule has 3 rings (SSSR count). The van der Waals surface area contributed by atoms with E-state index in [9.17, 15) is 26.4 Å². The Morgan fingerprint density at radius 2 is 1.57 bits per heavy atom. The van der Waals surface area contributed by atoms with Crippen molar-refractivity contribution in [2.24, 2.45) is 0 Å². The lowest BCUT2D eigenvalue weighted by atomic mass is 10.1. The van der Waals surface area contributed by atoms with Crippen molar-refractivity contribution in [3.8, 4) is 11.5 Å². The lowest BCUT2D eigenvalue weighted by Crippen LogP contribution is -2.26. The first kappa shape index (κ1) is 26.2. The maximum absolute atomic E-state index is 13.1.